The number of likely N-dealkylation sites (tertiary alicyclic amines) is 1. The van der Waals surface area contributed by atoms with Gasteiger partial charge in [0.15, 0.2) is 0 Å². The predicted molar refractivity (Wildman–Crippen MR) is 87.0 cm³/mol. The van der Waals surface area contributed by atoms with Gasteiger partial charge in [-0.2, -0.15) is 0 Å². The third kappa shape index (κ3) is 4.40. The summed E-state index contributed by atoms with van der Waals surface area (Å²) >= 11 is 0. The monoisotopic (exact) mass is 280 g/mol. The van der Waals surface area contributed by atoms with Crippen LogP contribution in [0.25, 0.3) is 0 Å². The second kappa shape index (κ2) is 7.37. The highest BCUT2D eigenvalue weighted by Gasteiger charge is 2.19. The van der Waals surface area contributed by atoms with Crippen molar-refractivity contribution in [2.75, 3.05) is 13.1 Å². The van der Waals surface area contributed by atoms with Crippen LogP contribution in [-0.4, -0.2) is 23.0 Å². The number of hydrogen-bond acceptors (Lipinski definition) is 2. The first-order valence-corrected chi connectivity index (χ1v) is 8.05. The molecule has 1 aromatic heterocycles. The molecule has 1 fully saturated rings. The van der Waals surface area contributed by atoms with Gasteiger partial charge in [0.25, 0.3) is 0 Å². The van der Waals surface area contributed by atoms with Gasteiger partial charge in [-0.25, -0.2) is 0 Å². The lowest BCUT2D eigenvalue weighted by Crippen LogP contribution is -2.35. The Morgan fingerprint density at radius 2 is 1.90 bits per heavy atom. The highest BCUT2D eigenvalue weighted by Crippen LogP contribution is 2.22. The minimum atomic E-state index is 0.843. The van der Waals surface area contributed by atoms with E-state index in [2.05, 4.69) is 46.3 Å². The summed E-state index contributed by atoms with van der Waals surface area (Å²) in [6.45, 7) is 3.52. The summed E-state index contributed by atoms with van der Waals surface area (Å²) in [6, 6.07) is 15.1. The Morgan fingerprint density at radius 1 is 1.05 bits per heavy atom. The topological polar surface area (TPSA) is 16.1 Å². The molecule has 2 heteroatoms. The van der Waals surface area contributed by atoms with E-state index >= 15 is 0 Å². The normalized spacial score (nSPS) is 19.5. The minimum absolute atomic E-state index is 0.843. The fraction of sp³-hybridized carbons (Fsp3) is 0.421. The van der Waals surface area contributed by atoms with Gasteiger partial charge in [0, 0.05) is 25.5 Å². The first-order chi connectivity index (χ1) is 10.4. The average molecular weight is 280 g/mol. The lowest BCUT2D eigenvalue weighted by Gasteiger charge is -2.32. The molecule has 1 aliphatic rings. The Morgan fingerprint density at radius 3 is 2.71 bits per heavy atom. The van der Waals surface area contributed by atoms with Crippen LogP contribution < -0.4 is 0 Å². The molecule has 0 spiro atoms. The van der Waals surface area contributed by atoms with Gasteiger partial charge < -0.3 is 0 Å². The van der Waals surface area contributed by atoms with Crippen LogP contribution in [0.3, 0.4) is 0 Å². The molecule has 0 bridgehead atoms. The van der Waals surface area contributed by atoms with Gasteiger partial charge >= 0.3 is 0 Å². The molecule has 1 aliphatic heterocycles. The number of benzene rings is 1. The van der Waals surface area contributed by atoms with Crippen LogP contribution in [0.4, 0.5) is 0 Å². The summed E-state index contributed by atoms with van der Waals surface area (Å²) < 4.78 is 0. The van der Waals surface area contributed by atoms with Crippen molar-refractivity contribution in [3.63, 3.8) is 0 Å². The lowest BCUT2D eigenvalue weighted by molar-refractivity contribution is 0.161. The Hall–Kier alpha value is -1.67. The third-order valence-corrected chi connectivity index (χ3v) is 4.42. The lowest BCUT2D eigenvalue weighted by atomic mass is 9.91. The van der Waals surface area contributed by atoms with Gasteiger partial charge in [-0.15, -0.1) is 0 Å². The first kappa shape index (κ1) is 14.3. The highest BCUT2D eigenvalue weighted by atomic mass is 15.1. The molecule has 0 amide bonds. The van der Waals surface area contributed by atoms with Crippen LogP contribution in [0.2, 0.25) is 0 Å². The van der Waals surface area contributed by atoms with Crippen molar-refractivity contribution in [2.24, 2.45) is 5.92 Å². The van der Waals surface area contributed by atoms with Crippen molar-refractivity contribution in [2.45, 2.75) is 32.2 Å². The van der Waals surface area contributed by atoms with Crippen LogP contribution >= 0.6 is 0 Å². The molecule has 3 rings (SSSR count). The summed E-state index contributed by atoms with van der Waals surface area (Å²) in [4.78, 5) is 6.81. The Labute approximate surface area is 127 Å². The molecule has 2 heterocycles. The molecule has 21 heavy (non-hydrogen) atoms. The quantitative estimate of drug-likeness (QED) is 0.825. The van der Waals surface area contributed by atoms with E-state index in [9.17, 15) is 0 Å². The van der Waals surface area contributed by atoms with Crippen LogP contribution in [0.5, 0.6) is 0 Å². The van der Waals surface area contributed by atoms with E-state index in [1.807, 2.05) is 18.5 Å². The zero-order valence-electron chi connectivity index (χ0n) is 12.6. The molecule has 2 nitrogen and oxygen atoms in total. The van der Waals surface area contributed by atoms with Crippen LogP contribution in [0, 0.1) is 5.92 Å². The summed E-state index contributed by atoms with van der Waals surface area (Å²) in [5.41, 5.74) is 2.81. The highest BCUT2D eigenvalue weighted by molar-refractivity contribution is 5.14. The van der Waals surface area contributed by atoms with Gasteiger partial charge in [0.05, 0.1) is 0 Å². The van der Waals surface area contributed by atoms with E-state index in [1.165, 1.54) is 49.9 Å². The number of rotatable bonds is 5. The van der Waals surface area contributed by atoms with Gasteiger partial charge in [0.1, 0.15) is 0 Å². The largest absolute Gasteiger partial charge is 0.299 e. The van der Waals surface area contributed by atoms with Crippen LogP contribution in [0.15, 0.2) is 54.9 Å². The molecule has 0 radical (unpaired) electrons. The summed E-state index contributed by atoms with van der Waals surface area (Å²) in [5.74, 6) is 0.843. The Bertz CT molecular complexity index is 524. The van der Waals surface area contributed by atoms with E-state index < -0.39 is 0 Å². The molecule has 0 aliphatic carbocycles. The van der Waals surface area contributed by atoms with Crippen molar-refractivity contribution < 1.29 is 0 Å². The van der Waals surface area contributed by atoms with E-state index in [4.69, 9.17) is 0 Å². The summed E-state index contributed by atoms with van der Waals surface area (Å²) in [7, 11) is 0. The molecule has 1 saturated heterocycles. The Kier molecular flexibility index (Phi) is 5.01. The zero-order chi connectivity index (χ0) is 14.3. The molecular weight excluding hydrogens is 256 g/mol. The molecule has 1 aromatic carbocycles. The number of aryl methyl sites for hydroxylation is 1. The van der Waals surface area contributed by atoms with Gasteiger partial charge in [-0.1, -0.05) is 36.4 Å². The Balaban J connectivity index is 1.49. The summed E-state index contributed by atoms with van der Waals surface area (Å²) in [6.07, 6.45) is 9.09. The van der Waals surface area contributed by atoms with Gasteiger partial charge in [-0.3, -0.25) is 9.88 Å². The van der Waals surface area contributed by atoms with Crippen molar-refractivity contribution in [3.8, 4) is 0 Å². The SMILES string of the molecule is c1ccc(CCC2CCCN(Cc3cccnc3)C2)cc1. The fourth-order valence-electron chi connectivity index (χ4n) is 3.30. The number of hydrogen-bond donors (Lipinski definition) is 0. The number of pyridine rings is 1. The van der Waals surface area contributed by atoms with E-state index in [0.29, 0.717) is 0 Å². The minimum Gasteiger partial charge on any atom is -0.299 e. The van der Waals surface area contributed by atoms with E-state index in [0.717, 1.165) is 12.5 Å². The van der Waals surface area contributed by atoms with E-state index in [-0.39, 0.29) is 0 Å². The van der Waals surface area contributed by atoms with Crippen molar-refractivity contribution in [3.05, 3.63) is 66.0 Å². The maximum atomic E-state index is 4.22. The van der Waals surface area contributed by atoms with Gasteiger partial charge in [0.2, 0.25) is 0 Å². The molecule has 1 atom stereocenters. The second-order valence-corrected chi connectivity index (χ2v) is 6.13. The zero-order valence-corrected chi connectivity index (χ0v) is 12.6. The van der Waals surface area contributed by atoms with Gasteiger partial charge in [-0.05, 0) is 55.3 Å². The van der Waals surface area contributed by atoms with Crippen molar-refractivity contribution >= 4 is 0 Å². The third-order valence-electron chi connectivity index (χ3n) is 4.42. The molecule has 0 saturated carbocycles. The molecule has 0 N–H and O–H groups in total. The molecule has 2 aromatic rings. The molecule has 1 unspecified atom stereocenters. The first-order valence-electron chi connectivity index (χ1n) is 8.05. The standard InChI is InChI=1S/C19H24N2/c1-2-6-17(7-3-1)10-11-18-9-5-13-21(15-18)16-19-8-4-12-20-14-19/h1-4,6-8,12,14,18H,5,9-11,13,15-16H2. The predicted octanol–water partition coefficient (Wildman–Crippen LogP) is 3.93. The molecule has 110 valence electrons. The van der Waals surface area contributed by atoms with E-state index in [1.54, 1.807) is 0 Å². The fourth-order valence-corrected chi connectivity index (χ4v) is 3.30. The maximum Gasteiger partial charge on any atom is 0.0312 e. The number of aromatic nitrogens is 1. The number of nitrogens with zero attached hydrogens (tertiary/aromatic N) is 2. The summed E-state index contributed by atoms with van der Waals surface area (Å²) in [5, 5.41) is 0. The molecular formula is C19H24N2. The maximum absolute atomic E-state index is 4.22. The van der Waals surface area contributed by atoms with Crippen molar-refractivity contribution in [1.82, 2.24) is 9.88 Å². The van der Waals surface area contributed by atoms with Crippen molar-refractivity contribution in [1.29, 1.82) is 0 Å². The number of piperidine rings is 1. The second-order valence-electron chi connectivity index (χ2n) is 6.13. The smallest absolute Gasteiger partial charge is 0.0312 e. The average Bonchev–Trinajstić information content (AvgIpc) is 2.55. The van der Waals surface area contributed by atoms with Crippen LogP contribution in [-0.2, 0) is 13.0 Å². The van der Waals surface area contributed by atoms with Crippen LogP contribution in [0.1, 0.15) is 30.4 Å².